The molecule has 12 heteroatoms. The first-order chi connectivity index (χ1) is 18.2. The number of fused-ring (bicyclic) bond motifs is 1. The number of amides is 2. The Morgan fingerprint density at radius 3 is 2.31 bits per heavy atom. The van der Waals surface area contributed by atoms with E-state index < -0.39 is 30.0 Å². The average molecular weight is 568 g/mol. The molecule has 1 fully saturated rings. The van der Waals surface area contributed by atoms with Gasteiger partial charge in [0.2, 0.25) is 0 Å². The summed E-state index contributed by atoms with van der Waals surface area (Å²) >= 11 is 6.13. The minimum Gasteiger partial charge on any atom is -0.450 e. The SMILES string of the molecule is CN(C)C(=O)c1cc2c(F)c(Cl)cc(-c3ccc(N4CCN(C(=O)OC(C)(C)C)CC4)cc3OC(F)F)c2o1. The fourth-order valence-electron chi connectivity index (χ4n) is 4.26. The summed E-state index contributed by atoms with van der Waals surface area (Å²) in [5.41, 5.74) is 0.308. The van der Waals surface area contributed by atoms with Crippen LogP contribution in [-0.4, -0.2) is 74.3 Å². The van der Waals surface area contributed by atoms with E-state index in [4.69, 9.17) is 25.5 Å². The monoisotopic (exact) mass is 567 g/mol. The predicted octanol–water partition coefficient (Wildman–Crippen LogP) is 6.25. The highest BCUT2D eigenvalue weighted by Gasteiger charge is 2.28. The molecular weight excluding hydrogens is 539 g/mol. The number of hydrogen-bond acceptors (Lipinski definition) is 6. The smallest absolute Gasteiger partial charge is 0.410 e. The number of furan rings is 1. The predicted molar refractivity (Wildman–Crippen MR) is 141 cm³/mol. The van der Waals surface area contributed by atoms with Crippen LogP contribution < -0.4 is 9.64 Å². The summed E-state index contributed by atoms with van der Waals surface area (Å²) in [6.45, 7) is 3.87. The van der Waals surface area contributed by atoms with Crippen LogP contribution in [0, 0.1) is 5.82 Å². The van der Waals surface area contributed by atoms with Gasteiger partial charge < -0.3 is 28.6 Å². The molecule has 0 radical (unpaired) electrons. The van der Waals surface area contributed by atoms with Crippen LogP contribution in [0.3, 0.4) is 0 Å². The molecular formula is C27H29ClF3N3O5. The molecule has 2 amide bonds. The van der Waals surface area contributed by atoms with E-state index in [1.807, 2.05) is 4.90 Å². The number of rotatable bonds is 5. The first kappa shape index (κ1) is 28.4. The number of benzene rings is 2. The molecule has 2 aromatic carbocycles. The number of anilines is 1. The number of ether oxygens (including phenoxy) is 2. The van der Waals surface area contributed by atoms with Crippen molar-refractivity contribution in [1.29, 1.82) is 0 Å². The largest absolute Gasteiger partial charge is 0.450 e. The van der Waals surface area contributed by atoms with Crippen molar-refractivity contribution in [2.45, 2.75) is 33.0 Å². The second-order valence-electron chi connectivity index (χ2n) is 10.3. The lowest BCUT2D eigenvalue weighted by molar-refractivity contribution is -0.0494. The molecule has 210 valence electrons. The molecule has 1 aromatic heterocycles. The number of carbonyl (C=O) groups is 2. The van der Waals surface area contributed by atoms with Crippen molar-refractivity contribution >= 4 is 40.3 Å². The number of halogens is 4. The quantitative estimate of drug-likeness (QED) is 0.363. The molecule has 8 nitrogen and oxygen atoms in total. The molecule has 0 bridgehead atoms. The van der Waals surface area contributed by atoms with Crippen molar-refractivity contribution in [2.75, 3.05) is 45.2 Å². The van der Waals surface area contributed by atoms with Gasteiger partial charge in [-0.1, -0.05) is 11.6 Å². The normalized spacial score (nSPS) is 14.2. The Morgan fingerprint density at radius 2 is 1.72 bits per heavy atom. The van der Waals surface area contributed by atoms with Crippen LogP contribution in [0.1, 0.15) is 31.3 Å². The van der Waals surface area contributed by atoms with Crippen LogP contribution in [0.15, 0.2) is 34.7 Å². The summed E-state index contributed by atoms with van der Waals surface area (Å²) in [6, 6.07) is 7.18. The molecule has 0 atom stereocenters. The summed E-state index contributed by atoms with van der Waals surface area (Å²) in [5.74, 6) is -1.61. The number of alkyl halides is 2. The first-order valence-electron chi connectivity index (χ1n) is 12.2. The fraction of sp³-hybridized carbons (Fsp3) is 0.407. The van der Waals surface area contributed by atoms with Crippen LogP contribution in [0.25, 0.3) is 22.1 Å². The summed E-state index contributed by atoms with van der Waals surface area (Å²) in [7, 11) is 3.03. The highest BCUT2D eigenvalue weighted by atomic mass is 35.5. The van der Waals surface area contributed by atoms with E-state index in [2.05, 4.69) is 0 Å². The zero-order valence-corrected chi connectivity index (χ0v) is 22.9. The number of piperazine rings is 1. The minimum atomic E-state index is -3.14. The molecule has 3 aromatic rings. The molecule has 4 rings (SSSR count). The zero-order chi connectivity index (χ0) is 28.6. The second kappa shape index (κ2) is 10.9. The molecule has 1 saturated heterocycles. The highest BCUT2D eigenvalue weighted by Crippen LogP contribution is 2.42. The van der Waals surface area contributed by atoms with Crippen molar-refractivity contribution in [3.8, 4) is 16.9 Å². The number of carbonyl (C=O) groups excluding carboxylic acids is 2. The maximum absolute atomic E-state index is 14.9. The number of nitrogens with zero attached hydrogens (tertiary/aromatic N) is 3. The minimum absolute atomic E-state index is 0.0278. The Kier molecular flexibility index (Phi) is 7.92. The summed E-state index contributed by atoms with van der Waals surface area (Å²) in [5, 5.41) is -0.333. The van der Waals surface area contributed by atoms with Gasteiger partial charge in [-0.3, -0.25) is 4.79 Å². The van der Waals surface area contributed by atoms with Crippen molar-refractivity contribution < 1.29 is 36.7 Å². The van der Waals surface area contributed by atoms with Crippen LogP contribution in [0.2, 0.25) is 5.02 Å². The van der Waals surface area contributed by atoms with Crippen LogP contribution in [0.5, 0.6) is 5.75 Å². The Balaban J connectivity index is 1.69. The van der Waals surface area contributed by atoms with E-state index in [0.717, 1.165) is 0 Å². The Bertz CT molecular complexity index is 1400. The van der Waals surface area contributed by atoms with Crippen LogP contribution in [-0.2, 0) is 4.74 Å². The van der Waals surface area contributed by atoms with Crippen molar-refractivity contribution in [3.63, 3.8) is 0 Å². The number of hydrogen-bond donors (Lipinski definition) is 0. The topological polar surface area (TPSA) is 75.5 Å². The van der Waals surface area contributed by atoms with Crippen LogP contribution in [0.4, 0.5) is 23.7 Å². The Labute approximate surface area is 228 Å². The maximum atomic E-state index is 14.9. The van der Waals surface area contributed by atoms with Gasteiger partial charge in [0, 0.05) is 69.2 Å². The van der Waals surface area contributed by atoms with Gasteiger partial charge >= 0.3 is 12.7 Å². The highest BCUT2D eigenvalue weighted by molar-refractivity contribution is 6.32. The van der Waals surface area contributed by atoms with E-state index in [1.54, 1.807) is 37.8 Å². The van der Waals surface area contributed by atoms with Gasteiger partial charge in [0.05, 0.1) is 10.4 Å². The zero-order valence-electron chi connectivity index (χ0n) is 22.2. The van der Waals surface area contributed by atoms with Gasteiger partial charge in [-0.25, -0.2) is 9.18 Å². The molecule has 1 aliphatic rings. The lowest BCUT2D eigenvalue weighted by atomic mass is 10.0. The van der Waals surface area contributed by atoms with Crippen LogP contribution >= 0.6 is 11.6 Å². The molecule has 0 N–H and O–H groups in total. The summed E-state index contributed by atoms with van der Waals surface area (Å²) in [6.07, 6.45) is -0.415. The third kappa shape index (κ3) is 6.19. The molecule has 39 heavy (non-hydrogen) atoms. The lowest BCUT2D eigenvalue weighted by Gasteiger charge is -2.37. The van der Waals surface area contributed by atoms with E-state index in [9.17, 15) is 22.8 Å². The molecule has 0 unspecified atom stereocenters. The van der Waals surface area contributed by atoms with Gasteiger partial charge in [-0.15, -0.1) is 0 Å². The van der Waals surface area contributed by atoms with Gasteiger partial charge in [-0.2, -0.15) is 8.78 Å². The Morgan fingerprint density at radius 1 is 1.05 bits per heavy atom. The third-order valence-corrected chi connectivity index (χ3v) is 6.35. The molecule has 0 saturated carbocycles. The molecule has 2 heterocycles. The molecule has 0 spiro atoms. The van der Waals surface area contributed by atoms with Crippen molar-refractivity contribution in [3.05, 3.63) is 46.9 Å². The summed E-state index contributed by atoms with van der Waals surface area (Å²) < 4.78 is 57.8. The van der Waals surface area contributed by atoms with Gasteiger partial charge in [0.25, 0.3) is 5.91 Å². The van der Waals surface area contributed by atoms with E-state index in [-0.39, 0.29) is 38.6 Å². The average Bonchev–Trinajstić information content (AvgIpc) is 3.30. The van der Waals surface area contributed by atoms with Gasteiger partial charge in [0.15, 0.2) is 11.6 Å². The standard InChI is InChI=1S/C27H29ClF3N3O5/c1-27(2,3)39-26(36)34-10-8-33(9-11-34)15-6-7-16(20(12-15)38-25(30)31)17-13-19(28)22(29)18-14-21(37-23(17)18)24(35)32(4)5/h6-7,12-14,25H,8-11H2,1-5H3. The summed E-state index contributed by atoms with van der Waals surface area (Å²) in [4.78, 5) is 29.6. The molecule has 1 aliphatic heterocycles. The van der Waals surface area contributed by atoms with Gasteiger partial charge in [-0.05, 0) is 39.0 Å². The lowest BCUT2D eigenvalue weighted by Crippen LogP contribution is -2.50. The first-order valence-corrected chi connectivity index (χ1v) is 12.6. The van der Waals surface area contributed by atoms with Gasteiger partial charge in [0.1, 0.15) is 16.9 Å². The fourth-order valence-corrected chi connectivity index (χ4v) is 4.47. The molecule has 0 aliphatic carbocycles. The maximum Gasteiger partial charge on any atom is 0.410 e. The van der Waals surface area contributed by atoms with Crippen molar-refractivity contribution in [1.82, 2.24) is 9.80 Å². The van der Waals surface area contributed by atoms with E-state index in [0.29, 0.717) is 31.9 Å². The van der Waals surface area contributed by atoms with Crippen molar-refractivity contribution in [2.24, 2.45) is 0 Å². The Hall–Kier alpha value is -3.60. The third-order valence-electron chi connectivity index (χ3n) is 6.08. The van der Waals surface area contributed by atoms with E-state index >= 15 is 0 Å². The second-order valence-corrected chi connectivity index (χ2v) is 10.7. The van der Waals surface area contributed by atoms with E-state index in [1.165, 1.54) is 37.2 Å².